The van der Waals surface area contributed by atoms with Gasteiger partial charge in [-0.1, -0.05) is 97.1 Å². The van der Waals surface area contributed by atoms with E-state index in [1.807, 2.05) is 134 Å². The first-order valence-corrected chi connectivity index (χ1v) is 16.0. The summed E-state index contributed by atoms with van der Waals surface area (Å²) < 4.78 is 11.0. The molecule has 5 aromatic carbocycles. The molecule has 0 radical (unpaired) electrons. The Bertz CT molecular complexity index is 1990. The van der Waals surface area contributed by atoms with Crippen molar-refractivity contribution in [2.75, 3.05) is 19.1 Å². The number of Topliss-reactive ketones (excluding diaryl/α,β-unsaturated/α-hetero) is 1. The second-order valence-corrected chi connectivity index (χ2v) is 12.7. The number of methoxy groups -OCH3 is 2. The summed E-state index contributed by atoms with van der Waals surface area (Å²) in [5.41, 5.74) is 2.87. The molecule has 0 spiro atoms. The molecule has 2 bridgehead atoms. The van der Waals surface area contributed by atoms with Crippen molar-refractivity contribution < 1.29 is 23.9 Å². The van der Waals surface area contributed by atoms with Gasteiger partial charge in [-0.3, -0.25) is 14.4 Å². The van der Waals surface area contributed by atoms with Gasteiger partial charge in [-0.05, 0) is 82.3 Å². The van der Waals surface area contributed by atoms with Crippen LogP contribution >= 0.6 is 0 Å². The average Bonchev–Trinajstić information content (AvgIpc) is 3.64. The Morgan fingerprint density at radius 1 is 0.542 bits per heavy atom. The highest BCUT2D eigenvalue weighted by atomic mass is 16.5. The van der Waals surface area contributed by atoms with Gasteiger partial charge in [0.25, 0.3) is 0 Å². The zero-order chi connectivity index (χ0) is 33.2. The van der Waals surface area contributed by atoms with Gasteiger partial charge >= 0.3 is 0 Å². The molecule has 2 fully saturated rings. The lowest BCUT2D eigenvalue weighted by molar-refractivity contribution is -0.130. The summed E-state index contributed by atoms with van der Waals surface area (Å²) >= 11 is 0. The summed E-state index contributed by atoms with van der Waals surface area (Å²) in [6.07, 6.45) is 0. The minimum absolute atomic E-state index is 0.162. The van der Waals surface area contributed by atoms with E-state index in [1.165, 1.54) is 4.90 Å². The zero-order valence-corrected chi connectivity index (χ0v) is 26.8. The molecule has 4 atom stereocenters. The lowest BCUT2D eigenvalue weighted by Gasteiger charge is -2.39. The van der Waals surface area contributed by atoms with E-state index in [-0.39, 0.29) is 17.6 Å². The highest BCUT2D eigenvalue weighted by molar-refractivity contribution is 6.39. The predicted octanol–water partition coefficient (Wildman–Crippen LogP) is 7.20. The summed E-state index contributed by atoms with van der Waals surface area (Å²) in [4.78, 5) is 47.5. The van der Waals surface area contributed by atoms with E-state index in [0.29, 0.717) is 28.3 Å². The zero-order valence-electron chi connectivity index (χ0n) is 26.8. The van der Waals surface area contributed by atoms with Crippen molar-refractivity contribution in [3.05, 3.63) is 161 Å². The second kappa shape index (κ2) is 10.9. The maximum Gasteiger partial charge on any atom is 0.239 e. The van der Waals surface area contributed by atoms with Gasteiger partial charge in [-0.2, -0.15) is 0 Å². The Hall–Kier alpha value is -5.75. The van der Waals surface area contributed by atoms with Gasteiger partial charge in [0.15, 0.2) is 5.78 Å². The first kappa shape index (κ1) is 29.6. The van der Waals surface area contributed by atoms with Crippen molar-refractivity contribution in [3.63, 3.8) is 0 Å². The minimum Gasteiger partial charge on any atom is -0.497 e. The molecule has 6 heteroatoms. The molecule has 1 heterocycles. The Balaban J connectivity index is 1.55. The number of ketones is 1. The van der Waals surface area contributed by atoms with E-state index in [0.717, 1.165) is 27.8 Å². The molecular weight excluding hydrogens is 598 g/mol. The number of fused-ring (bicyclic) bond motifs is 5. The molecule has 236 valence electrons. The molecule has 1 saturated heterocycles. The number of hydrogen-bond acceptors (Lipinski definition) is 5. The van der Waals surface area contributed by atoms with Gasteiger partial charge in [0.05, 0.1) is 42.6 Å². The molecule has 6 nitrogen and oxygen atoms in total. The number of amides is 2. The van der Waals surface area contributed by atoms with Crippen LogP contribution in [-0.2, 0) is 25.2 Å². The topological polar surface area (TPSA) is 72.9 Å². The number of ether oxygens (including phenoxy) is 2. The van der Waals surface area contributed by atoms with Crippen LogP contribution in [0.25, 0.3) is 11.1 Å². The van der Waals surface area contributed by atoms with Crippen molar-refractivity contribution in [2.45, 2.75) is 17.8 Å². The molecule has 3 aliphatic rings. The number of carbonyl (C=O) groups excluding carboxylic acids is 3. The van der Waals surface area contributed by atoms with Crippen molar-refractivity contribution in [2.24, 2.45) is 11.8 Å². The van der Waals surface area contributed by atoms with Crippen LogP contribution in [0.15, 0.2) is 133 Å². The summed E-state index contributed by atoms with van der Waals surface area (Å²) in [5, 5.41) is 0. The number of allylic oxidation sites excluding steroid dienone is 2. The van der Waals surface area contributed by atoms with Gasteiger partial charge in [0.1, 0.15) is 11.5 Å². The minimum atomic E-state index is -1.48. The number of benzene rings is 5. The molecule has 5 aromatic rings. The third kappa shape index (κ3) is 3.77. The van der Waals surface area contributed by atoms with E-state index >= 15 is 14.4 Å². The van der Waals surface area contributed by atoms with E-state index < -0.39 is 22.7 Å². The fraction of sp³-hybridized carbons (Fsp3) is 0.167. The third-order valence-electron chi connectivity index (χ3n) is 10.5. The van der Waals surface area contributed by atoms with Crippen LogP contribution in [0.3, 0.4) is 0 Å². The highest BCUT2D eigenvalue weighted by Crippen LogP contribution is 2.74. The molecule has 1 aliphatic heterocycles. The lowest BCUT2D eigenvalue weighted by Crippen LogP contribution is -2.45. The summed E-state index contributed by atoms with van der Waals surface area (Å²) in [7, 11) is 3.22. The van der Waals surface area contributed by atoms with Gasteiger partial charge in [-0.25, -0.2) is 4.90 Å². The van der Waals surface area contributed by atoms with Gasteiger partial charge < -0.3 is 9.47 Å². The number of nitrogens with zero attached hydrogens (tertiary/aromatic N) is 1. The maximum absolute atomic E-state index is 16.0. The monoisotopic (exact) mass is 631 g/mol. The Labute approximate surface area is 279 Å². The summed E-state index contributed by atoms with van der Waals surface area (Å²) in [6.45, 7) is 1.94. The lowest BCUT2D eigenvalue weighted by atomic mass is 9.59. The number of hydrogen-bond donors (Lipinski definition) is 0. The van der Waals surface area contributed by atoms with Crippen LogP contribution < -0.4 is 14.4 Å². The quantitative estimate of drug-likeness (QED) is 0.178. The van der Waals surface area contributed by atoms with Gasteiger partial charge in [0.2, 0.25) is 11.8 Å². The Kier molecular flexibility index (Phi) is 6.74. The van der Waals surface area contributed by atoms with Crippen LogP contribution in [0, 0.1) is 18.8 Å². The van der Waals surface area contributed by atoms with Crippen molar-refractivity contribution in [3.8, 4) is 11.5 Å². The summed E-state index contributed by atoms with van der Waals surface area (Å²) in [5.74, 6) is -1.54. The fourth-order valence-electron chi connectivity index (χ4n) is 8.66. The highest BCUT2D eigenvalue weighted by Gasteiger charge is 2.82. The van der Waals surface area contributed by atoms with Crippen LogP contribution in [-0.4, -0.2) is 31.8 Å². The fourth-order valence-corrected chi connectivity index (χ4v) is 8.66. The number of anilines is 1. The van der Waals surface area contributed by atoms with Gasteiger partial charge in [-0.15, -0.1) is 0 Å². The van der Waals surface area contributed by atoms with Crippen LogP contribution in [0.2, 0.25) is 0 Å². The van der Waals surface area contributed by atoms with E-state index in [9.17, 15) is 0 Å². The predicted molar refractivity (Wildman–Crippen MR) is 185 cm³/mol. The molecule has 0 aromatic heterocycles. The molecule has 8 rings (SSSR count). The molecule has 2 aliphatic carbocycles. The number of rotatable bonds is 7. The third-order valence-corrected chi connectivity index (χ3v) is 10.5. The average molecular weight is 632 g/mol. The Morgan fingerprint density at radius 2 is 0.979 bits per heavy atom. The Morgan fingerprint density at radius 3 is 1.38 bits per heavy atom. The smallest absolute Gasteiger partial charge is 0.239 e. The van der Waals surface area contributed by atoms with Crippen LogP contribution in [0.1, 0.15) is 27.8 Å². The molecular formula is C42H33NO5. The van der Waals surface area contributed by atoms with E-state index in [1.54, 1.807) is 20.3 Å². The second-order valence-electron chi connectivity index (χ2n) is 12.7. The molecule has 1 saturated carbocycles. The van der Waals surface area contributed by atoms with Crippen molar-refractivity contribution in [1.29, 1.82) is 0 Å². The largest absolute Gasteiger partial charge is 0.497 e. The van der Waals surface area contributed by atoms with Crippen molar-refractivity contribution >= 4 is 34.4 Å². The SMILES string of the molecule is COc1ccc(C2=C(c3ccc(OC)cc3)[C@]3(c4ccccc4)C(=O)[C@]2(c2ccccc2)[C@H]2C(=O)N(c4cccc(C)c4)C(=O)[C@@H]23)cc1. The summed E-state index contributed by atoms with van der Waals surface area (Å²) in [6, 6.07) is 41.8. The van der Waals surface area contributed by atoms with Crippen LogP contribution in [0.5, 0.6) is 11.5 Å². The van der Waals surface area contributed by atoms with Crippen LogP contribution in [0.4, 0.5) is 5.69 Å². The van der Waals surface area contributed by atoms with Crippen molar-refractivity contribution in [1.82, 2.24) is 0 Å². The molecule has 0 unspecified atom stereocenters. The molecule has 48 heavy (non-hydrogen) atoms. The van der Waals surface area contributed by atoms with Gasteiger partial charge in [0, 0.05) is 0 Å². The molecule has 0 N–H and O–H groups in total. The van der Waals surface area contributed by atoms with E-state index in [4.69, 9.17) is 9.47 Å². The number of imide groups is 1. The molecule has 2 amide bonds. The maximum atomic E-state index is 16.0. The van der Waals surface area contributed by atoms with E-state index in [2.05, 4.69) is 0 Å². The normalized spacial score (nSPS) is 24.3. The first-order valence-electron chi connectivity index (χ1n) is 16.0. The number of carbonyl (C=O) groups is 3. The standard InChI is InChI=1S/C42H33NO5/c1-26-11-10-16-31(25-26)43-38(44)36-37(39(43)45)42(30-14-8-5-9-15-30)35(28-19-23-33(48-3)24-20-28)34(27-17-21-32(47-2)22-18-27)41(36,40(42)46)29-12-6-4-7-13-29/h4-25,36-37H,1-3H3/t36-,37-,41+,42+/m1/s1. The number of aryl methyl sites for hydroxylation is 1. The first-order chi connectivity index (χ1) is 23.4.